The van der Waals surface area contributed by atoms with E-state index in [2.05, 4.69) is 260 Å². The van der Waals surface area contributed by atoms with E-state index in [-0.39, 0.29) is 12.1 Å². The monoisotopic (exact) mass is 872 g/mol. The number of nitrogens with zero attached hydrogens (tertiary/aromatic N) is 2. The fourth-order valence-electron chi connectivity index (χ4n) is 12.2. The Kier molecular flexibility index (Phi) is 8.17. The Balaban J connectivity index is 1.10. The van der Waals surface area contributed by atoms with Crippen LogP contribution in [0.3, 0.4) is 0 Å². The summed E-state index contributed by atoms with van der Waals surface area (Å²) in [7, 11) is 0. The van der Waals surface area contributed by atoms with Gasteiger partial charge in [-0.15, -0.1) is 11.3 Å². The van der Waals surface area contributed by atoms with Gasteiger partial charge in [0.15, 0.2) is 0 Å². The van der Waals surface area contributed by atoms with Crippen LogP contribution in [0.5, 0.6) is 0 Å². The van der Waals surface area contributed by atoms with Gasteiger partial charge in [0, 0.05) is 43.7 Å². The molecule has 0 saturated heterocycles. The molecule has 14 rings (SSSR count). The van der Waals surface area contributed by atoms with Gasteiger partial charge in [-0.3, -0.25) is 0 Å². The molecule has 316 valence electrons. The zero-order valence-electron chi connectivity index (χ0n) is 37.7. The second kappa shape index (κ2) is 14.2. The van der Waals surface area contributed by atoms with E-state index in [1.54, 1.807) is 0 Å². The topological polar surface area (TPSA) is 6.48 Å². The lowest BCUT2D eigenvalue weighted by molar-refractivity contribution is 0.588. The molecule has 4 aliphatic rings. The van der Waals surface area contributed by atoms with Crippen LogP contribution in [0, 0.1) is 0 Å². The van der Waals surface area contributed by atoms with Crippen LogP contribution in [0.25, 0.3) is 44.5 Å². The third-order valence-corrected chi connectivity index (χ3v) is 16.4. The minimum atomic E-state index is -0.475. The van der Waals surface area contributed by atoms with Gasteiger partial charge in [-0.1, -0.05) is 197 Å². The summed E-state index contributed by atoms with van der Waals surface area (Å²) in [5, 5.41) is 0. The molecule has 10 aromatic rings. The molecule has 0 fully saturated rings. The molecule has 0 unspecified atom stereocenters. The fraction of sp³-hybridized carbons (Fsp3) is 0.0794. The Morgan fingerprint density at radius 2 is 0.985 bits per heavy atom. The predicted molar refractivity (Wildman–Crippen MR) is 284 cm³/mol. The molecule has 0 saturated carbocycles. The maximum atomic E-state index is 2.62. The van der Waals surface area contributed by atoms with Gasteiger partial charge in [0.2, 0.25) is 0 Å². The van der Waals surface area contributed by atoms with E-state index in [9.17, 15) is 0 Å². The van der Waals surface area contributed by atoms with Crippen molar-refractivity contribution >= 4 is 67.9 Å². The molecule has 2 aliphatic carbocycles. The third kappa shape index (κ3) is 5.28. The lowest BCUT2D eigenvalue weighted by Crippen LogP contribution is -2.60. The fourth-order valence-corrected chi connectivity index (χ4v) is 13.8. The van der Waals surface area contributed by atoms with E-state index >= 15 is 0 Å². The first-order valence-corrected chi connectivity index (χ1v) is 24.4. The molecule has 9 aromatic carbocycles. The smallest absolute Gasteiger partial charge is 0.264 e. The average molecular weight is 873 g/mol. The minimum Gasteiger partial charge on any atom is -0.311 e. The highest BCUT2D eigenvalue weighted by molar-refractivity contribution is 7.30. The van der Waals surface area contributed by atoms with Gasteiger partial charge < -0.3 is 9.80 Å². The third-order valence-electron chi connectivity index (χ3n) is 15.0. The molecule has 0 radical (unpaired) electrons. The van der Waals surface area contributed by atoms with E-state index in [1.165, 1.54) is 116 Å². The molecule has 3 heterocycles. The maximum absolute atomic E-state index is 2.62. The summed E-state index contributed by atoms with van der Waals surface area (Å²) >= 11 is 2.06. The number of hydrogen-bond donors (Lipinski definition) is 0. The summed E-state index contributed by atoms with van der Waals surface area (Å²) in [6.07, 6.45) is 0. The Morgan fingerprint density at radius 3 is 1.63 bits per heavy atom. The lowest BCUT2D eigenvalue weighted by atomic mass is 9.36. The summed E-state index contributed by atoms with van der Waals surface area (Å²) in [5.41, 5.74) is 25.2. The minimum absolute atomic E-state index is 0.00798. The number of anilines is 6. The molecule has 67 heavy (non-hydrogen) atoms. The summed E-state index contributed by atoms with van der Waals surface area (Å²) < 4.78 is 1.40. The zero-order valence-corrected chi connectivity index (χ0v) is 38.5. The summed E-state index contributed by atoms with van der Waals surface area (Å²) in [4.78, 5) is 6.57. The first-order valence-electron chi connectivity index (χ1n) is 23.6. The molecule has 4 heteroatoms. The van der Waals surface area contributed by atoms with E-state index in [1.807, 2.05) is 0 Å². The van der Waals surface area contributed by atoms with Gasteiger partial charge in [0.1, 0.15) is 0 Å². The molecule has 0 N–H and O–H groups in total. The Bertz CT molecular complexity index is 3600. The molecule has 1 aromatic heterocycles. The standard InChI is InChI=1S/C63H45BN2S/c1-62(2,3)42-35-36-49-52(39-42)63(50-30-17-15-28-47(50)48-29-16-18-31-51(48)63)60-57(49)59-61(67-60)64-53-37-34-41(46-27-14-13-26-45(46)40-20-7-4-8-21-40)38-56(53)65(43-22-9-5-10-23-43)54-32-19-33-55(58(54)64)66(59)44-24-11-6-12-25-44/h4-39H,1-3H3. The van der Waals surface area contributed by atoms with Crippen LogP contribution in [-0.4, -0.2) is 6.71 Å². The highest BCUT2D eigenvalue weighted by atomic mass is 32.1. The van der Waals surface area contributed by atoms with Crippen molar-refractivity contribution in [2.75, 3.05) is 9.80 Å². The van der Waals surface area contributed by atoms with E-state index in [0.29, 0.717) is 0 Å². The number of hydrogen-bond acceptors (Lipinski definition) is 3. The van der Waals surface area contributed by atoms with Crippen LogP contribution in [0.1, 0.15) is 47.9 Å². The van der Waals surface area contributed by atoms with Crippen molar-refractivity contribution in [3.63, 3.8) is 0 Å². The summed E-state index contributed by atoms with van der Waals surface area (Å²) in [6.45, 7) is 7.04. The number of thiophene rings is 1. The van der Waals surface area contributed by atoms with Gasteiger partial charge in [-0.05, 0) is 120 Å². The van der Waals surface area contributed by atoms with Crippen LogP contribution in [0.15, 0.2) is 218 Å². The van der Waals surface area contributed by atoms with Crippen LogP contribution < -0.4 is 25.5 Å². The van der Waals surface area contributed by atoms with Gasteiger partial charge in [-0.2, -0.15) is 0 Å². The molecular weight excluding hydrogens is 828 g/mol. The largest absolute Gasteiger partial charge is 0.311 e. The van der Waals surface area contributed by atoms with Crippen molar-refractivity contribution in [1.82, 2.24) is 0 Å². The predicted octanol–water partition coefficient (Wildman–Crippen LogP) is 14.8. The molecule has 1 spiro atoms. The van der Waals surface area contributed by atoms with Gasteiger partial charge in [0.25, 0.3) is 6.71 Å². The Morgan fingerprint density at radius 1 is 0.433 bits per heavy atom. The highest BCUT2D eigenvalue weighted by Gasteiger charge is 2.57. The Hall–Kier alpha value is -7.66. The number of rotatable bonds is 4. The van der Waals surface area contributed by atoms with Crippen molar-refractivity contribution in [1.29, 1.82) is 0 Å². The number of benzene rings is 9. The number of fused-ring (bicyclic) bond motifs is 15. The number of para-hydroxylation sites is 2. The molecule has 0 atom stereocenters. The van der Waals surface area contributed by atoms with Crippen molar-refractivity contribution < 1.29 is 0 Å². The van der Waals surface area contributed by atoms with Gasteiger partial charge in [0.05, 0.1) is 11.1 Å². The zero-order chi connectivity index (χ0) is 44.6. The molecule has 0 bridgehead atoms. The van der Waals surface area contributed by atoms with Crippen molar-refractivity contribution in [3.05, 3.63) is 246 Å². The SMILES string of the molecule is CC(C)(C)c1ccc2c(c1)C1(c3ccccc3-c3ccccc31)c1sc3c(c1-2)N(c1ccccc1)c1cccc2c1B3c1ccc(-c3ccccc3-c3ccccc3)cc1N2c1ccccc1. The van der Waals surface area contributed by atoms with Gasteiger partial charge in [-0.25, -0.2) is 0 Å². The van der Waals surface area contributed by atoms with Crippen LogP contribution in [0.4, 0.5) is 34.1 Å². The maximum Gasteiger partial charge on any atom is 0.264 e. The van der Waals surface area contributed by atoms with Crippen LogP contribution in [-0.2, 0) is 10.8 Å². The second-order valence-electron chi connectivity index (χ2n) is 19.5. The molecule has 0 amide bonds. The van der Waals surface area contributed by atoms with E-state index in [4.69, 9.17) is 0 Å². The summed E-state index contributed by atoms with van der Waals surface area (Å²) in [5.74, 6) is 0. The molecule has 2 nitrogen and oxygen atoms in total. The normalized spacial score (nSPS) is 14.2. The average Bonchev–Trinajstić information content (AvgIpc) is 4.00. The first kappa shape index (κ1) is 38.6. The second-order valence-corrected chi connectivity index (χ2v) is 20.6. The Labute approximate surface area is 397 Å². The van der Waals surface area contributed by atoms with Crippen molar-refractivity contribution in [2.24, 2.45) is 0 Å². The first-order chi connectivity index (χ1) is 32.9. The van der Waals surface area contributed by atoms with Crippen molar-refractivity contribution in [2.45, 2.75) is 31.6 Å². The summed E-state index contributed by atoms with van der Waals surface area (Å²) in [6, 6.07) is 82.0. The van der Waals surface area contributed by atoms with E-state index < -0.39 is 5.41 Å². The quantitative estimate of drug-likeness (QED) is 0.163. The molecular formula is C63H45BN2S. The highest BCUT2D eigenvalue weighted by Crippen LogP contribution is 2.67. The van der Waals surface area contributed by atoms with Crippen molar-refractivity contribution in [3.8, 4) is 44.5 Å². The van der Waals surface area contributed by atoms with Gasteiger partial charge >= 0.3 is 0 Å². The van der Waals surface area contributed by atoms with Crippen LogP contribution in [0.2, 0.25) is 0 Å². The van der Waals surface area contributed by atoms with Crippen LogP contribution >= 0.6 is 11.3 Å². The lowest BCUT2D eigenvalue weighted by Gasteiger charge is -2.43. The molecule has 2 aliphatic heterocycles. The van der Waals surface area contributed by atoms with E-state index in [0.717, 1.165) is 5.69 Å².